The van der Waals surface area contributed by atoms with Gasteiger partial charge in [0, 0.05) is 10.6 Å². The smallest absolute Gasteiger partial charge is 0.259 e. The zero-order valence-electron chi connectivity index (χ0n) is 11.6. The fourth-order valence-corrected chi connectivity index (χ4v) is 1.75. The fraction of sp³-hybridized carbons (Fsp3) is 0.0625. The van der Waals surface area contributed by atoms with Gasteiger partial charge in [-0.3, -0.25) is 9.59 Å². The molecule has 0 saturated carbocycles. The van der Waals surface area contributed by atoms with Gasteiger partial charge < -0.3 is 5.32 Å². The standard InChI is InChI=1S/C16H14ClN3O2/c17-14-8-6-13(7-9-14)16(22)18-11-15(21)20-19-10-12-4-2-1-3-5-12/h1-10H,11H2,(H,18,22)(H,20,21). The van der Waals surface area contributed by atoms with Crippen molar-refractivity contribution in [2.24, 2.45) is 5.10 Å². The minimum atomic E-state index is -0.408. The fourth-order valence-electron chi connectivity index (χ4n) is 1.62. The van der Waals surface area contributed by atoms with E-state index >= 15 is 0 Å². The Balaban J connectivity index is 1.77. The quantitative estimate of drug-likeness (QED) is 0.656. The zero-order chi connectivity index (χ0) is 15.8. The van der Waals surface area contributed by atoms with E-state index in [4.69, 9.17) is 11.6 Å². The average molecular weight is 316 g/mol. The van der Waals surface area contributed by atoms with Gasteiger partial charge in [-0.2, -0.15) is 5.10 Å². The van der Waals surface area contributed by atoms with Gasteiger partial charge in [0.05, 0.1) is 12.8 Å². The zero-order valence-corrected chi connectivity index (χ0v) is 12.4. The molecule has 2 aromatic rings. The van der Waals surface area contributed by atoms with Crippen LogP contribution >= 0.6 is 11.6 Å². The summed E-state index contributed by atoms with van der Waals surface area (Å²) in [5.74, 6) is -0.756. The lowest BCUT2D eigenvalue weighted by Gasteiger charge is -2.04. The summed E-state index contributed by atoms with van der Waals surface area (Å²) in [6.07, 6.45) is 1.53. The first kappa shape index (κ1) is 15.7. The summed E-state index contributed by atoms with van der Waals surface area (Å²) in [6.45, 7) is -0.159. The van der Waals surface area contributed by atoms with Crippen LogP contribution in [-0.4, -0.2) is 24.6 Å². The largest absolute Gasteiger partial charge is 0.343 e. The van der Waals surface area contributed by atoms with Crippen LogP contribution in [0.25, 0.3) is 0 Å². The summed E-state index contributed by atoms with van der Waals surface area (Å²) in [5.41, 5.74) is 3.65. The van der Waals surface area contributed by atoms with Gasteiger partial charge in [0.2, 0.25) is 0 Å². The number of benzene rings is 2. The maximum Gasteiger partial charge on any atom is 0.259 e. The first-order chi connectivity index (χ1) is 10.6. The summed E-state index contributed by atoms with van der Waals surface area (Å²) in [5, 5.41) is 6.86. The molecule has 2 aromatic carbocycles. The summed E-state index contributed by atoms with van der Waals surface area (Å²) >= 11 is 5.74. The third kappa shape index (κ3) is 5.03. The molecule has 0 aromatic heterocycles. The van der Waals surface area contributed by atoms with Crippen molar-refractivity contribution in [3.05, 3.63) is 70.7 Å². The molecular weight excluding hydrogens is 302 g/mol. The monoisotopic (exact) mass is 315 g/mol. The molecule has 0 spiro atoms. The second kappa shape index (κ2) is 7.95. The molecular formula is C16H14ClN3O2. The Morgan fingerprint density at radius 2 is 1.73 bits per heavy atom. The van der Waals surface area contributed by atoms with Crippen LogP contribution in [0.15, 0.2) is 59.7 Å². The van der Waals surface area contributed by atoms with Crippen LogP contribution in [0.3, 0.4) is 0 Å². The third-order valence-electron chi connectivity index (χ3n) is 2.72. The molecule has 22 heavy (non-hydrogen) atoms. The highest BCUT2D eigenvalue weighted by atomic mass is 35.5. The van der Waals surface area contributed by atoms with E-state index in [9.17, 15) is 9.59 Å². The van der Waals surface area contributed by atoms with Crippen LogP contribution in [0.4, 0.5) is 0 Å². The predicted octanol–water partition coefficient (Wildman–Crippen LogP) is 2.22. The van der Waals surface area contributed by atoms with Gasteiger partial charge in [0.1, 0.15) is 0 Å². The van der Waals surface area contributed by atoms with E-state index in [0.29, 0.717) is 10.6 Å². The molecule has 0 aliphatic carbocycles. The summed E-state index contributed by atoms with van der Waals surface area (Å²) < 4.78 is 0. The van der Waals surface area contributed by atoms with Crippen molar-refractivity contribution >= 4 is 29.6 Å². The number of carbonyl (C=O) groups excluding carboxylic acids is 2. The van der Waals surface area contributed by atoms with Crippen molar-refractivity contribution in [2.45, 2.75) is 0 Å². The molecule has 112 valence electrons. The van der Waals surface area contributed by atoms with E-state index in [1.54, 1.807) is 24.3 Å². The normalized spacial score (nSPS) is 10.4. The highest BCUT2D eigenvalue weighted by Gasteiger charge is 2.07. The number of nitrogens with zero attached hydrogens (tertiary/aromatic N) is 1. The van der Waals surface area contributed by atoms with Crippen LogP contribution in [0.1, 0.15) is 15.9 Å². The summed E-state index contributed by atoms with van der Waals surface area (Å²) in [4.78, 5) is 23.3. The molecule has 2 amide bonds. The molecule has 2 rings (SSSR count). The van der Waals surface area contributed by atoms with E-state index in [-0.39, 0.29) is 12.5 Å². The van der Waals surface area contributed by atoms with Crippen molar-refractivity contribution < 1.29 is 9.59 Å². The van der Waals surface area contributed by atoms with Crippen LogP contribution in [-0.2, 0) is 4.79 Å². The Morgan fingerprint density at radius 1 is 1.05 bits per heavy atom. The Kier molecular flexibility index (Phi) is 5.68. The van der Waals surface area contributed by atoms with Crippen LogP contribution < -0.4 is 10.7 Å². The minimum absolute atomic E-state index is 0.159. The molecule has 0 unspecified atom stereocenters. The molecule has 2 N–H and O–H groups in total. The lowest BCUT2D eigenvalue weighted by molar-refractivity contribution is -0.120. The summed E-state index contributed by atoms with van der Waals surface area (Å²) in [6, 6.07) is 15.7. The van der Waals surface area contributed by atoms with Crippen molar-refractivity contribution in [3.63, 3.8) is 0 Å². The van der Waals surface area contributed by atoms with Gasteiger partial charge in [-0.05, 0) is 29.8 Å². The molecule has 6 heteroatoms. The number of carbonyl (C=O) groups is 2. The Morgan fingerprint density at radius 3 is 2.41 bits per heavy atom. The van der Waals surface area contributed by atoms with E-state index in [1.165, 1.54) is 6.21 Å². The second-order valence-corrected chi connectivity index (χ2v) is 4.83. The molecule has 5 nitrogen and oxygen atoms in total. The van der Waals surface area contributed by atoms with E-state index in [1.807, 2.05) is 30.3 Å². The molecule has 0 aliphatic heterocycles. The SMILES string of the molecule is O=C(CNC(=O)c1ccc(Cl)cc1)NN=Cc1ccccc1. The Hall–Kier alpha value is -2.66. The second-order valence-electron chi connectivity index (χ2n) is 4.39. The number of amides is 2. The van der Waals surface area contributed by atoms with Crippen LogP contribution in [0.2, 0.25) is 5.02 Å². The number of nitrogens with one attached hydrogen (secondary N) is 2. The average Bonchev–Trinajstić information content (AvgIpc) is 2.54. The maximum atomic E-state index is 11.8. The van der Waals surface area contributed by atoms with E-state index in [2.05, 4.69) is 15.8 Å². The Bertz CT molecular complexity index is 670. The molecule has 0 heterocycles. The van der Waals surface area contributed by atoms with Crippen LogP contribution in [0.5, 0.6) is 0 Å². The first-order valence-corrected chi connectivity index (χ1v) is 6.93. The van der Waals surface area contributed by atoms with Gasteiger partial charge in [-0.1, -0.05) is 41.9 Å². The van der Waals surface area contributed by atoms with E-state index < -0.39 is 5.91 Å². The maximum absolute atomic E-state index is 11.8. The number of hydrogen-bond donors (Lipinski definition) is 2. The lowest BCUT2D eigenvalue weighted by Crippen LogP contribution is -2.34. The van der Waals surface area contributed by atoms with Gasteiger partial charge >= 0.3 is 0 Å². The highest BCUT2D eigenvalue weighted by Crippen LogP contribution is 2.09. The van der Waals surface area contributed by atoms with Crippen molar-refractivity contribution in [1.29, 1.82) is 0 Å². The van der Waals surface area contributed by atoms with Gasteiger partial charge in [0.15, 0.2) is 0 Å². The van der Waals surface area contributed by atoms with Crippen molar-refractivity contribution in [1.82, 2.24) is 10.7 Å². The molecule has 0 aliphatic rings. The van der Waals surface area contributed by atoms with Gasteiger partial charge in [-0.15, -0.1) is 0 Å². The summed E-state index contributed by atoms with van der Waals surface area (Å²) in [7, 11) is 0. The van der Waals surface area contributed by atoms with E-state index in [0.717, 1.165) is 5.56 Å². The molecule has 0 radical (unpaired) electrons. The topological polar surface area (TPSA) is 70.6 Å². The van der Waals surface area contributed by atoms with Gasteiger partial charge in [0.25, 0.3) is 11.8 Å². The molecule has 0 fully saturated rings. The first-order valence-electron chi connectivity index (χ1n) is 6.56. The van der Waals surface area contributed by atoms with Gasteiger partial charge in [-0.25, -0.2) is 5.43 Å². The molecule has 0 bridgehead atoms. The number of hydrazone groups is 1. The van der Waals surface area contributed by atoms with Crippen LogP contribution in [0, 0.1) is 0 Å². The van der Waals surface area contributed by atoms with Crippen molar-refractivity contribution in [3.8, 4) is 0 Å². The predicted molar refractivity (Wildman–Crippen MR) is 86.0 cm³/mol. The number of rotatable bonds is 5. The third-order valence-corrected chi connectivity index (χ3v) is 2.97. The highest BCUT2D eigenvalue weighted by molar-refractivity contribution is 6.30. The lowest BCUT2D eigenvalue weighted by atomic mass is 10.2. The molecule has 0 atom stereocenters. The number of hydrogen-bond acceptors (Lipinski definition) is 3. The molecule has 0 saturated heterocycles. The number of halogens is 1. The minimum Gasteiger partial charge on any atom is -0.343 e. The van der Waals surface area contributed by atoms with Crippen molar-refractivity contribution in [2.75, 3.05) is 6.54 Å². The Labute approximate surface area is 133 Å².